The summed E-state index contributed by atoms with van der Waals surface area (Å²) >= 11 is 0. The molecule has 0 spiro atoms. The minimum Gasteiger partial charge on any atom is -0.463 e. The number of carbonyl (C=O) groups excluding carboxylic acids is 5. The van der Waals surface area contributed by atoms with E-state index in [1.165, 1.54) is 13.8 Å². The first-order valence-corrected chi connectivity index (χ1v) is 11.8. The molecule has 1 saturated heterocycles. The monoisotopic (exact) mass is 523 g/mol. The predicted octanol–water partition coefficient (Wildman–Crippen LogP) is 1.18. The van der Waals surface area contributed by atoms with Crippen LogP contribution in [0, 0.1) is 0 Å². The second-order valence-corrected chi connectivity index (χ2v) is 8.34. The maximum atomic E-state index is 12.1. The molecule has 1 N–H and O–H groups in total. The van der Waals surface area contributed by atoms with Gasteiger partial charge < -0.3 is 33.7 Å². The fraction of sp³-hybridized carbons (Fsp3) is 0.560. The van der Waals surface area contributed by atoms with Gasteiger partial charge >= 0.3 is 23.9 Å². The van der Waals surface area contributed by atoms with E-state index in [9.17, 15) is 24.0 Å². The molecule has 1 aromatic carbocycles. The first-order chi connectivity index (χ1) is 17.6. The average molecular weight is 524 g/mol. The van der Waals surface area contributed by atoms with Gasteiger partial charge in [0.15, 0.2) is 18.5 Å². The van der Waals surface area contributed by atoms with Gasteiger partial charge in [-0.05, 0) is 12.0 Å². The number of carbonyl (C=O) groups is 5. The summed E-state index contributed by atoms with van der Waals surface area (Å²) in [5.74, 6) is -2.91. The van der Waals surface area contributed by atoms with Crippen molar-refractivity contribution in [3.63, 3.8) is 0 Å². The summed E-state index contributed by atoms with van der Waals surface area (Å²) < 4.78 is 32.7. The Kier molecular flexibility index (Phi) is 12.0. The highest BCUT2D eigenvalue weighted by molar-refractivity contribution is 5.73. The van der Waals surface area contributed by atoms with Crippen molar-refractivity contribution in [3.05, 3.63) is 35.9 Å². The van der Waals surface area contributed by atoms with Gasteiger partial charge in [0.05, 0.1) is 6.61 Å². The van der Waals surface area contributed by atoms with E-state index in [0.29, 0.717) is 0 Å². The summed E-state index contributed by atoms with van der Waals surface area (Å²) in [6.45, 7) is 4.59. The molecule has 1 fully saturated rings. The molecule has 2 rings (SSSR count). The largest absolute Gasteiger partial charge is 0.463 e. The number of ether oxygens (including phenoxy) is 6. The maximum absolute atomic E-state index is 12.1. The van der Waals surface area contributed by atoms with E-state index in [2.05, 4.69) is 5.32 Å². The zero-order chi connectivity index (χ0) is 27.4. The molecule has 0 saturated carbocycles. The van der Waals surface area contributed by atoms with Crippen LogP contribution in [0.2, 0.25) is 0 Å². The molecule has 1 amide bonds. The summed E-state index contributed by atoms with van der Waals surface area (Å²) in [7, 11) is 0. The first kappa shape index (κ1) is 29.7. The van der Waals surface area contributed by atoms with Gasteiger partial charge in [0.2, 0.25) is 5.91 Å². The van der Waals surface area contributed by atoms with Crippen LogP contribution in [0.15, 0.2) is 30.3 Å². The molecule has 204 valence electrons. The van der Waals surface area contributed by atoms with Gasteiger partial charge in [-0.1, -0.05) is 30.3 Å². The van der Waals surface area contributed by atoms with Gasteiger partial charge in [0, 0.05) is 34.1 Å². The zero-order valence-electron chi connectivity index (χ0n) is 21.3. The third kappa shape index (κ3) is 10.6. The van der Waals surface area contributed by atoms with Crippen LogP contribution in [0.4, 0.5) is 0 Å². The minimum absolute atomic E-state index is 0.0203. The maximum Gasteiger partial charge on any atom is 0.306 e. The Labute approximate surface area is 214 Å². The van der Waals surface area contributed by atoms with Gasteiger partial charge in [0.1, 0.15) is 25.4 Å². The van der Waals surface area contributed by atoms with Gasteiger partial charge in [0.25, 0.3) is 0 Å². The Morgan fingerprint density at radius 1 is 0.865 bits per heavy atom. The van der Waals surface area contributed by atoms with Crippen molar-refractivity contribution in [3.8, 4) is 0 Å². The van der Waals surface area contributed by atoms with Crippen LogP contribution >= 0.6 is 0 Å². The third-order valence-electron chi connectivity index (χ3n) is 5.12. The van der Waals surface area contributed by atoms with Crippen molar-refractivity contribution in [2.45, 2.75) is 77.8 Å². The molecule has 1 heterocycles. The molecule has 0 radical (unpaired) electrons. The Morgan fingerprint density at radius 2 is 1.51 bits per heavy atom. The summed E-state index contributed by atoms with van der Waals surface area (Å²) in [5, 5.41) is 2.61. The number of benzene rings is 1. The second kappa shape index (κ2) is 14.9. The molecular weight excluding hydrogens is 490 g/mol. The molecular formula is C25H33NO11. The Balaban J connectivity index is 2.07. The summed E-state index contributed by atoms with van der Waals surface area (Å²) in [4.78, 5) is 59.0. The summed E-state index contributed by atoms with van der Waals surface area (Å²) in [6, 6.07) is 8.17. The Morgan fingerprint density at radius 3 is 2.11 bits per heavy atom. The average Bonchev–Trinajstić information content (AvgIpc) is 2.82. The Hall–Kier alpha value is -3.51. The molecule has 37 heavy (non-hydrogen) atoms. The lowest BCUT2D eigenvalue weighted by Gasteiger charge is -2.44. The van der Waals surface area contributed by atoms with Crippen molar-refractivity contribution in [1.29, 1.82) is 0 Å². The molecule has 1 aromatic rings. The Bertz CT molecular complexity index is 936. The number of rotatable bonds is 12. The number of amides is 1. The predicted molar refractivity (Wildman–Crippen MR) is 125 cm³/mol. The molecule has 0 bridgehead atoms. The smallest absolute Gasteiger partial charge is 0.306 e. The standard InChI is InChI=1S/C25H33NO11/c1-15(27)26-22-24(36-18(4)30)23(35-17(3)29)20(14-33-16(2)28)37-25(22)32-12-8-11-21(31)34-13-19-9-6-5-7-10-19/h5-7,9-10,20,22-25H,8,11-14H2,1-4H3,(H,26,27). The number of hydrogen-bond donors (Lipinski definition) is 1. The molecule has 12 nitrogen and oxygen atoms in total. The van der Waals surface area contributed by atoms with E-state index < -0.39 is 60.4 Å². The third-order valence-corrected chi connectivity index (χ3v) is 5.12. The van der Waals surface area contributed by atoms with Gasteiger partial charge in [-0.2, -0.15) is 0 Å². The van der Waals surface area contributed by atoms with E-state index in [1.54, 1.807) is 0 Å². The van der Waals surface area contributed by atoms with Crippen LogP contribution in [0.3, 0.4) is 0 Å². The second-order valence-electron chi connectivity index (χ2n) is 8.34. The highest BCUT2D eigenvalue weighted by Gasteiger charge is 2.51. The first-order valence-electron chi connectivity index (χ1n) is 11.8. The van der Waals surface area contributed by atoms with Crippen LogP contribution in [-0.2, 0) is 59.0 Å². The lowest BCUT2D eigenvalue weighted by Crippen LogP contribution is -2.66. The van der Waals surface area contributed by atoms with E-state index in [-0.39, 0.29) is 32.7 Å². The van der Waals surface area contributed by atoms with Crippen LogP contribution < -0.4 is 5.32 Å². The molecule has 12 heteroatoms. The van der Waals surface area contributed by atoms with Crippen LogP contribution in [0.1, 0.15) is 46.1 Å². The number of esters is 4. The lowest BCUT2D eigenvalue weighted by molar-refractivity contribution is -0.277. The van der Waals surface area contributed by atoms with Crippen molar-refractivity contribution in [2.75, 3.05) is 13.2 Å². The highest BCUT2D eigenvalue weighted by Crippen LogP contribution is 2.28. The number of hydrogen-bond acceptors (Lipinski definition) is 11. The highest BCUT2D eigenvalue weighted by atomic mass is 16.7. The van der Waals surface area contributed by atoms with E-state index in [0.717, 1.165) is 19.4 Å². The fourth-order valence-electron chi connectivity index (χ4n) is 3.66. The van der Waals surface area contributed by atoms with Crippen molar-refractivity contribution in [1.82, 2.24) is 5.32 Å². The molecule has 5 atom stereocenters. The summed E-state index contributed by atoms with van der Waals surface area (Å²) in [6.07, 6.45) is -4.33. The quantitative estimate of drug-likeness (QED) is 0.239. The van der Waals surface area contributed by atoms with Gasteiger partial charge in [-0.3, -0.25) is 24.0 Å². The zero-order valence-corrected chi connectivity index (χ0v) is 21.3. The van der Waals surface area contributed by atoms with E-state index in [1.807, 2.05) is 30.3 Å². The van der Waals surface area contributed by atoms with Gasteiger partial charge in [-0.15, -0.1) is 0 Å². The summed E-state index contributed by atoms with van der Waals surface area (Å²) in [5.41, 5.74) is 0.860. The topological polar surface area (TPSA) is 153 Å². The van der Waals surface area contributed by atoms with Crippen molar-refractivity contribution in [2.24, 2.45) is 0 Å². The van der Waals surface area contributed by atoms with Gasteiger partial charge in [-0.25, -0.2) is 0 Å². The van der Waals surface area contributed by atoms with Crippen molar-refractivity contribution >= 4 is 29.8 Å². The van der Waals surface area contributed by atoms with Crippen molar-refractivity contribution < 1.29 is 52.4 Å². The van der Waals surface area contributed by atoms with Crippen LogP contribution in [-0.4, -0.2) is 73.6 Å². The van der Waals surface area contributed by atoms with Crippen LogP contribution in [0.5, 0.6) is 0 Å². The molecule has 5 unspecified atom stereocenters. The molecule has 0 aliphatic carbocycles. The van der Waals surface area contributed by atoms with E-state index in [4.69, 9.17) is 28.4 Å². The van der Waals surface area contributed by atoms with Crippen LogP contribution in [0.25, 0.3) is 0 Å². The number of nitrogens with one attached hydrogen (secondary N) is 1. The molecule has 0 aromatic heterocycles. The lowest BCUT2D eigenvalue weighted by atomic mass is 9.96. The minimum atomic E-state index is -1.21. The SMILES string of the molecule is CC(=O)NC1C(OCCCC(=O)OCc2ccccc2)OC(COC(C)=O)C(OC(C)=O)C1OC(C)=O. The molecule has 1 aliphatic rings. The molecule has 1 aliphatic heterocycles. The normalized spacial score (nSPS) is 22.9. The fourth-order valence-corrected chi connectivity index (χ4v) is 3.66. The van der Waals surface area contributed by atoms with E-state index >= 15 is 0 Å².